The molecule has 0 N–H and O–H groups in total. The molecule has 1 nitrogen and oxygen atoms in total. The Morgan fingerprint density at radius 3 is 2.47 bits per heavy atom. The summed E-state index contributed by atoms with van der Waals surface area (Å²) in [6.45, 7) is 0. The summed E-state index contributed by atoms with van der Waals surface area (Å²) in [7, 11) is 1.60. The zero-order valence-corrected chi connectivity index (χ0v) is 13.9. The van der Waals surface area contributed by atoms with Gasteiger partial charge < -0.3 is 4.74 Å². The van der Waals surface area contributed by atoms with Crippen LogP contribution in [0.3, 0.4) is 0 Å². The number of halogens is 4. The lowest BCUT2D eigenvalue weighted by Crippen LogP contribution is -1.96. The quantitative estimate of drug-likeness (QED) is 0.593. The lowest BCUT2D eigenvalue weighted by atomic mass is 10.0. The Morgan fingerprint density at radius 2 is 1.84 bits per heavy atom. The zero-order valence-electron chi connectivity index (χ0n) is 9.96. The molecule has 0 aromatic heterocycles. The largest absolute Gasteiger partial charge is 0.496 e. The van der Waals surface area contributed by atoms with E-state index in [0.717, 1.165) is 20.3 Å². The minimum absolute atomic E-state index is 0.309. The molecule has 0 bridgehead atoms. The molecule has 1 atom stereocenters. The molecule has 0 aliphatic carbocycles. The molecule has 0 saturated carbocycles. The van der Waals surface area contributed by atoms with E-state index >= 15 is 0 Å². The first-order chi connectivity index (χ1) is 9.02. The molecule has 5 heteroatoms. The molecule has 2 aromatic rings. The van der Waals surface area contributed by atoms with E-state index in [-0.39, 0.29) is 5.82 Å². The molecule has 2 rings (SSSR count). The predicted molar refractivity (Wildman–Crippen MR) is 82.5 cm³/mol. The normalized spacial score (nSPS) is 12.3. The molecule has 0 aliphatic heterocycles. The van der Waals surface area contributed by atoms with E-state index in [4.69, 9.17) is 16.3 Å². The van der Waals surface area contributed by atoms with Crippen LogP contribution in [0.25, 0.3) is 0 Å². The molecule has 1 unspecified atom stereocenters. The maximum absolute atomic E-state index is 13.3. The van der Waals surface area contributed by atoms with Gasteiger partial charge in [-0.3, -0.25) is 0 Å². The van der Waals surface area contributed by atoms with E-state index in [1.54, 1.807) is 13.2 Å². The molecule has 0 fully saturated rings. The molecule has 0 amide bonds. The Kier molecular flexibility index (Phi) is 4.87. The van der Waals surface area contributed by atoms with Crippen LogP contribution in [0.15, 0.2) is 45.3 Å². The number of ether oxygens (including phenoxy) is 1. The van der Waals surface area contributed by atoms with Crippen molar-refractivity contribution in [1.82, 2.24) is 0 Å². The van der Waals surface area contributed by atoms with Gasteiger partial charge in [-0.1, -0.05) is 22.0 Å². The van der Waals surface area contributed by atoms with E-state index in [2.05, 4.69) is 31.9 Å². The van der Waals surface area contributed by atoms with Crippen LogP contribution in [0.1, 0.15) is 16.5 Å². The number of hydrogen-bond donors (Lipinski definition) is 0. The van der Waals surface area contributed by atoms with Gasteiger partial charge in [0.2, 0.25) is 0 Å². The van der Waals surface area contributed by atoms with Crippen LogP contribution in [0.4, 0.5) is 4.39 Å². The second-order valence-electron chi connectivity index (χ2n) is 3.92. The van der Waals surface area contributed by atoms with E-state index in [0.29, 0.717) is 5.56 Å². The van der Waals surface area contributed by atoms with Gasteiger partial charge in [0.25, 0.3) is 0 Å². The highest BCUT2D eigenvalue weighted by Crippen LogP contribution is 2.37. The smallest absolute Gasteiger partial charge is 0.133 e. The van der Waals surface area contributed by atoms with Crippen molar-refractivity contribution in [2.75, 3.05) is 7.11 Å². The number of alkyl halides is 1. The lowest BCUT2D eigenvalue weighted by Gasteiger charge is -2.14. The van der Waals surface area contributed by atoms with Gasteiger partial charge in [-0.15, -0.1) is 11.6 Å². The number of methoxy groups -OCH3 is 1. The van der Waals surface area contributed by atoms with Gasteiger partial charge in [0, 0.05) is 4.47 Å². The molecule has 100 valence electrons. The summed E-state index contributed by atoms with van der Waals surface area (Å²) in [5, 5.41) is -0.438. The van der Waals surface area contributed by atoms with E-state index < -0.39 is 5.38 Å². The Labute approximate surface area is 133 Å². The van der Waals surface area contributed by atoms with E-state index in [9.17, 15) is 4.39 Å². The van der Waals surface area contributed by atoms with Crippen molar-refractivity contribution in [1.29, 1.82) is 0 Å². The van der Waals surface area contributed by atoms with Crippen molar-refractivity contribution in [2.24, 2.45) is 0 Å². The molecule has 0 heterocycles. The van der Waals surface area contributed by atoms with Crippen LogP contribution >= 0.6 is 43.5 Å². The maximum atomic E-state index is 13.3. The summed E-state index contributed by atoms with van der Waals surface area (Å²) in [5.41, 5.74) is 1.55. The van der Waals surface area contributed by atoms with Crippen LogP contribution < -0.4 is 4.74 Å². The van der Waals surface area contributed by atoms with Gasteiger partial charge in [-0.05, 0) is 57.4 Å². The van der Waals surface area contributed by atoms with Crippen molar-refractivity contribution in [3.63, 3.8) is 0 Å². The van der Waals surface area contributed by atoms with Crippen molar-refractivity contribution in [3.8, 4) is 5.75 Å². The number of rotatable bonds is 3. The standard InChI is InChI=1S/C14H10Br2ClFO/c1-19-13-5-2-8(6-12(13)16)14(17)10-7-9(18)3-4-11(10)15/h2-7,14H,1H3. The second-order valence-corrected chi connectivity index (χ2v) is 6.07. The van der Waals surface area contributed by atoms with Crippen molar-refractivity contribution in [3.05, 3.63) is 62.3 Å². The van der Waals surface area contributed by atoms with Gasteiger partial charge in [0.15, 0.2) is 0 Å². The fraction of sp³-hybridized carbons (Fsp3) is 0.143. The fourth-order valence-corrected chi connectivity index (χ4v) is 3.21. The Hall–Kier alpha value is -0.580. The third kappa shape index (κ3) is 3.30. The lowest BCUT2D eigenvalue weighted by molar-refractivity contribution is 0.412. The summed E-state index contributed by atoms with van der Waals surface area (Å²) in [5.74, 6) is 0.419. The fourth-order valence-electron chi connectivity index (χ4n) is 1.73. The molecule has 2 aromatic carbocycles. The van der Waals surface area contributed by atoms with E-state index in [1.807, 2.05) is 18.2 Å². The first kappa shape index (κ1) is 14.8. The third-order valence-electron chi connectivity index (χ3n) is 2.70. The second kappa shape index (κ2) is 6.25. The molecule has 0 aliphatic rings. The van der Waals surface area contributed by atoms with Gasteiger partial charge >= 0.3 is 0 Å². The molecule has 0 spiro atoms. The summed E-state index contributed by atoms with van der Waals surface area (Å²) in [6, 6.07) is 10.0. The zero-order chi connectivity index (χ0) is 14.0. The monoisotopic (exact) mass is 406 g/mol. The SMILES string of the molecule is COc1ccc(C(Cl)c2cc(F)ccc2Br)cc1Br. The highest BCUT2D eigenvalue weighted by Gasteiger charge is 2.16. The Bertz CT molecular complexity index is 604. The van der Waals surface area contributed by atoms with Crippen LogP contribution in [-0.2, 0) is 0 Å². The van der Waals surface area contributed by atoms with Crippen molar-refractivity contribution >= 4 is 43.5 Å². The number of hydrogen-bond acceptors (Lipinski definition) is 1. The van der Waals surface area contributed by atoms with E-state index in [1.165, 1.54) is 12.1 Å². The molecule has 0 radical (unpaired) electrons. The summed E-state index contributed by atoms with van der Waals surface area (Å²) < 4.78 is 20.1. The van der Waals surface area contributed by atoms with Crippen molar-refractivity contribution < 1.29 is 9.13 Å². The summed E-state index contributed by atoms with van der Waals surface area (Å²) >= 11 is 13.2. The maximum Gasteiger partial charge on any atom is 0.133 e. The Morgan fingerprint density at radius 1 is 1.11 bits per heavy atom. The van der Waals surface area contributed by atoms with Gasteiger partial charge in [-0.2, -0.15) is 0 Å². The molecular formula is C14H10Br2ClFO. The minimum Gasteiger partial charge on any atom is -0.496 e. The molecule has 0 saturated heterocycles. The average Bonchev–Trinajstić information content (AvgIpc) is 2.40. The highest BCUT2D eigenvalue weighted by molar-refractivity contribution is 9.10. The first-order valence-corrected chi connectivity index (χ1v) is 7.47. The average molecular weight is 408 g/mol. The molecular weight excluding hydrogens is 398 g/mol. The third-order valence-corrected chi connectivity index (χ3v) is 4.53. The number of benzene rings is 2. The van der Waals surface area contributed by atoms with Crippen LogP contribution in [0, 0.1) is 5.82 Å². The van der Waals surface area contributed by atoms with Gasteiger partial charge in [-0.25, -0.2) is 4.39 Å². The van der Waals surface area contributed by atoms with Gasteiger partial charge in [0.05, 0.1) is 17.0 Å². The first-order valence-electron chi connectivity index (χ1n) is 5.45. The predicted octanol–water partition coefficient (Wildman–Crippen LogP) is 5.69. The molecule has 19 heavy (non-hydrogen) atoms. The van der Waals surface area contributed by atoms with Gasteiger partial charge in [0.1, 0.15) is 11.6 Å². The Balaban J connectivity index is 2.41. The van der Waals surface area contributed by atoms with Crippen molar-refractivity contribution in [2.45, 2.75) is 5.38 Å². The van der Waals surface area contributed by atoms with Crippen LogP contribution in [0.2, 0.25) is 0 Å². The van der Waals surface area contributed by atoms with Crippen LogP contribution in [-0.4, -0.2) is 7.11 Å². The minimum atomic E-state index is -0.438. The van der Waals surface area contributed by atoms with Crippen LogP contribution in [0.5, 0.6) is 5.75 Å². The topological polar surface area (TPSA) is 9.23 Å². The summed E-state index contributed by atoms with van der Waals surface area (Å²) in [6.07, 6.45) is 0. The highest BCUT2D eigenvalue weighted by atomic mass is 79.9. The summed E-state index contributed by atoms with van der Waals surface area (Å²) in [4.78, 5) is 0.